The Bertz CT molecular complexity index is 1260. The van der Waals surface area contributed by atoms with Crippen molar-refractivity contribution < 1.29 is 18.7 Å². The van der Waals surface area contributed by atoms with Crippen LogP contribution < -0.4 is 9.47 Å². The first kappa shape index (κ1) is 23.7. The molecule has 1 aliphatic rings. The van der Waals surface area contributed by atoms with E-state index in [0.717, 1.165) is 5.56 Å². The van der Waals surface area contributed by atoms with Crippen LogP contribution in [0.2, 0.25) is 10.0 Å². The molecule has 170 valence electrons. The molecule has 1 aromatic heterocycles. The number of carbonyl (C=O) groups excluding carboxylic acids is 1. The smallest absolute Gasteiger partial charge is 0.266 e. The summed E-state index contributed by atoms with van der Waals surface area (Å²) >= 11 is 19.0. The first-order valence-corrected chi connectivity index (χ1v) is 11.9. The molecule has 1 aliphatic heterocycles. The molecule has 0 unspecified atom stereocenters. The van der Waals surface area contributed by atoms with E-state index in [9.17, 15) is 4.79 Å². The molecular weight excluding hydrogens is 501 g/mol. The Morgan fingerprint density at radius 2 is 1.85 bits per heavy atom. The van der Waals surface area contributed by atoms with Crippen molar-refractivity contribution in [3.63, 3.8) is 0 Å². The number of thioether (sulfide) groups is 1. The first-order chi connectivity index (χ1) is 15.9. The van der Waals surface area contributed by atoms with Crippen LogP contribution in [0.5, 0.6) is 11.5 Å². The maximum atomic E-state index is 13.0. The van der Waals surface area contributed by atoms with E-state index >= 15 is 0 Å². The van der Waals surface area contributed by atoms with Gasteiger partial charge in [-0.25, -0.2) is 0 Å². The van der Waals surface area contributed by atoms with Gasteiger partial charge in [-0.2, -0.15) is 0 Å². The molecule has 0 aliphatic carbocycles. The summed E-state index contributed by atoms with van der Waals surface area (Å²) in [5.41, 5.74) is 1.70. The third kappa shape index (κ3) is 5.22. The number of methoxy groups -OCH3 is 2. The van der Waals surface area contributed by atoms with Gasteiger partial charge in [0.25, 0.3) is 5.91 Å². The average molecular weight is 520 g/mol. The average Bonchev–Trinajstić information content (AvgIpc) is 3.38. The fraction of sp³-hybridized carbons (Fsp3) is 0.167. The van der Waals surface area contributed by atoms with Gasteiger partial charge in [0, 0.05) is 23.2 Å². The lowest BCUT2D eigenvalue weighted by Gasteiger charge is -2.15. The third-order valence-electron chi connectivity index (χ3n) is 5.04. The number of furan rings is 1. The summed E-state index contributed by atoms with van der Waals surface area (Å²) in [6.45, 7) is 0.457. The van der Waals surface area contributed by atoms with Crippen LogP contribution in [0.4, 0.5) is 0 Å². The van der Waals surface area contributed by atoms with Crippen molar-refractivity contribution in [3.8, 4) is 22.8 Å². The highest BCUT2D eigenvalue weighted by Gasteiger charge is 2.32. The molecule has 0 spiro atoms. The summed E-state index contributed by atoms with van der Waals surface area (Å²) in [5.74, 6) is 2.25. The van der Waals surface area contributed by atoms with E-state index in [1.54, 1.807) is 55.5 Å². The monoisotopic (exact) mass is 519 g/mol. The van der Waals surface area contributed by atoms with Crippen LogP contribution in [0, 0.1) is 0 Å². The molecule has 1 fully saturated rings. The summed E-state index contributed by atoms with van der Waals surface area (Å²) in [6.07, 6.45) is 2.32. The Labute approximate surface area is 211 Å². The Hall–Kier alpha value is -2.45. The quantitative estimate of drug-likeness (QED) is 0.255. The molecule has 0 saturated carbocycles. The van der Waals surface area contributed by atoms with Gasteiger partial charge >= 0.3 is 0 Å². The lowest BCUT2D eigenvalue weighted by atomic mass is 10.1. The minimum absolute atomic E-state index is 0.149. The van der Waals surface area contributed by atoms with Gasteiger partial charge in [-0.1, -0.05) is 53.2 Å². The molecule has 9 heteroatoms. The molecule has 0 radical (unpaired) electrons. The number of amides is 1. The topological polar surface area (TPSA) is 51.9 Å². The van der Waals surface area contributed by atoms with Gasteiger partial charge in [-0.05, 0) is 54.4 Å². The molecule has 2 heterocycles. The number of carbonyl (C=O) groups is 1. The van der Waals surface area contributed by atoms with Gasteiger partial charge in [0.05, 0.1) is 24.1 Å². The number of nitrogens with zero attached hydrogens (tertiary/aromatic N) is 1. The van der Waals surface area contributed by atoms with Crippen LogP contribution in [0.3, 0.4) is 0 Å². The van der Waals surface area contributed by atoms with Gasteiger partial charge in [0.1, 0.15) is 15.8 Å². The van der Waals surface area contributed by atoms with Crippen molar-refractivity contribution in [2.75, 3.05) is 20.8 Å². The molecule has 3 aromatic rings. The van der Waals surface area contributed by atoms with Crippen LogP contribution in [0.1, 0.15) is 11.3 Å². The fourth-order valence-electron chi connectivity index (χ4n) is 3.36. The van der Waals surface area contributed by atoms with Crippen molar-refractivity contribution in [1.29, 1.82) is 0 Å². The Morgan fingerprint density at radius 3 is 2.61 bits per heavy atom. The summed E-state index contributed by atoms with van der Waals surface area (Å²) in [6, 6.07) is 14.4. The molecule has 1 saturated heterocycles. The van der Waals surface area contributed by atoms with E-state index in [2.05, 4.69) is 0 Å². The maximum absolute atomic E-state index is 13.0. The highest BCUT2D eigenvalue weighted by atomic mass is 35.5. The van der Waals surface area contributed by atoms with Gasteiger partial charge in [0.2, 0.25) is 0 Å². The van der Waals surface area contributed by atoms with Crippen LogP contribution in [0.25, 0.3) is 17.4 Å². The second-order valence-electron chi connectivity index (χ2n) is 7.10. The number of benzene rings is 2. The number of hydrogen-bond acceptors (Lipinski definition) is 6. The molecule has 1 amide bonds. The van der Waals surface area contributed by atoms with E-state index in [4.69, 9.17) is 49.3 Å². The predicted molar refractivity (Wildman–Crippen MR) is 137 cm³/mol. The summed E-state index contributed by atoms with van der Waals surface area (Å²) in [4.78, 5) is 15.1. The summed E-state index contributed by atoms with van der Waals surface area (Å²) < 4.78 is 17.0. The largest absolute Gasteiger partial charge is 0.493 e. The second kappa shape index (κ2) is 10.2. The fourth-order valence-corrected chi connectivity index (χ4v) is 5.03. The zero-order valence-corrected chi connectivity index (χ0v) is 20.9. The van der Waals surface area contributed by atoms with Gasteiger partial charge < -0.3 is 13.9 Å². The number of thiocarbonyl (C=S) groups is 1. The molecule has 5 nitrogen and oxygen atoms in total. The Balaban J connectivity index is 1.47. The molecule has 2 aromatic carbocycles. The highest BCUT2D eigenvalue weighted by Crippen LogP contribution is 2.36. The van der Waals surface area contributed by atoms with Crippen LogP contribution in [-0.2, 0) is 11.2 Å². The van der Waals surface area contributed by atoms with Gasteiger partial charge in [-0.15, -0.1) is 0 Å². The van der Waals surface area contributed by atoms with E-state index < -0.39 is 0 Å². The second-order valence-corrected chi connectivity index (χ2v) is 9.62. The van der Waals surface area contributed by atoms with E-state index in [1.807, 2.05) is 18.2 Å². The van der Waals surface area contributed by atoms with Crippen molar-refractivity contribution in [2.45, 2.75) is 6.42 Å². The molecule has 4 rings (SSSR count). The summed E-state index contributed by atoms with van der Waals surface area (Å²) in [7, 11) is 3.18. The zero-order chi connectivity index (χ0) is 23.5. The van der Waals surface area contributed by atoms with Crippen molar-refractivity contribution >= 4 is 63.5 Å². The number of halogens is 2. The minimum atomic E-state index is -0.149. The highest BCUT2D eigenvalue weighted by molar-refractivity contribution is 8.26. The van der Waals surface area contributed by atoms with Crippen molar-refractivity contribution in [3.05, 3.63) is 74.8 Å². The van der Waals surface area contributed by atoms with Crippen LogP contribution in [0.15, 0.2) is 57.9 Å². The molecule has 0 atom stereocenters. The predicted octanol–water partition coefficient (Wildman–Crippen LogP) is 6.71. The zero-order valence-electron chi connectivity index (χ0n) is 17.8. The van der Waals surface area contributed by atoms with Crippen molar-refractivity contribution in [2.24, 2.45) is 0 Å². The molecular formula is C24H19Cl2NO4S2. The van der Waals surface area contributed by atoms with E-state index in [0.29, 0.717) is 60.8 Å². The molecule has 0 N–H and O–H groups in total. The minimum Gasteiger partial charge on any atom is -0.493 e. The van der Waals surface area contributed by atoms with E-state index in [-0.39, 0.29) is 5.91 Å². The number of ether oxygens (including phenoxy) is 2. The third-order valence-corrected chi connectivity index (χ3v) is 6.98. The molecule has 0 bridgehead atoms. The lowest BCUT2D eigenvalue weighted by Crippen LogP contribution is -2.30. The first-order valence-electron chi connectivity index (χ1n) is 9.91. The normalized spacial score (nSPS) is 14.9. The van der Waals surface area contributed by atoms with Gasteiger partial charge in [-0.3, -0.25) is 9.69 Å². The lowest BCUT2D eigenvalue weighted by molar-refractivity contribution is -0.122. The molecule has 33 heavy (non-hydrogen) atoms. The Kier molecular flexibility index (Phi) is 7.34. The standard InChI is InChI=1S/C24H19Cl2NO4S2/c1-29-20-7-3-14(11-21(20)30-2)9-10-27-23(28)22(33-24(27)32)13-16-5-8-19(31-16)17-12-15(25)4-6-18(17)26/h3-8,11-13H,9-10H2,1-2H3. The van der Waals surface area contributed by atoms with Gasteiger partial charge in [0.15, 0.2) is 11.5 Å². The van der Waals surface area contributed by atoms with E-state index in [1.165, 1.54) is 11.8 Å². The van der Waals surface area contributed by atoms with Crippen molar-refractivity contribution in [1.82, 2.24) is 4.90 Å². The number of hydrogen-bond donors (Lipinski definition) is 0. The summed E-state index contributed by atoms with van der Waals surface area (Å²) in [5, 5.41) is 1.09. The number of rotatable bonds is 7. The Morgan fingerprint density at radius 1 is 1.06 bits per heavy atom. The SMILES string of the molecule is COc1ccc(CCN2C(=O)C(=Cc3ccc(-c4cc(Cl)ccc4Cl)o3)SC2=S)cc1OC. The van der Waals surface area contributed by atoms with Crippen LogP contribution in [-0.4, -0.2) is 35.9 Å². The van der Waals surface area contributed by atoms with Crippen LogP contribution >= 0.6 is 47.2 Å². The maximum Gasteiger partial charge on any atom is 0.266 e.